The fourth-order valence-corrected chi connectivity index (χ4v) is 3.45. The number of thiazole rings is 1. The predicted molar refractivity (Wildman–Crippen MR) is 65.2 cm³/mol. The van der Waals surface area contributed by atoms with Gasteiger partial charge < -0.3 is 5.73 Å². The topological polar surface area (TPSA) is 38.9 Å². The highest BCUT2D eigenvalue weighted by atomic mass is 32.1. The zero-order chi connectivity index (χ0) is 13.4. The van der Waals surface area contributed by atoms with Gasteiger partial charge in [-0.15, -0.1) is 11.3 Å². The average molecular weight is 278 g/mol. The van der Waals surface area contributed by atoms with E-state index in [1.165, 1.54) is 0 Å². The maximum absolute atomic E-state index is 12.5. The third-order valence-corrected chi connectivity index (χ3v) is 4.86. The number of rotatable bonds is 2. The molecule has 1 aromatic heterocycles. The minimum Gasteiger partial charge on any atom is -0.319 e. The first-order valence-electron chi connectivity index (χ1n) is 6.17. The van der Waals surface area contributed by atoms with Crippen molar-refractivity contribution in [1.82, 2.24) is 4.98 Å². The first-order valence-corrected chi connectivity index (χ1v) is 7.05. The molecule has 1 heterocycles. The second kappa shape index (κ2) is 4.81. The summed E-state index contributed by atoms with van der Waals surface area (Å²) < 4.78 is 37.5. The van der Waals surface area contributed by atoms with Crippen LogP contribution in [0.25, 0.3) is 0 Å². The van der Waals surface area contributed by atoms with Crippen LogP contribution in [0.4, 0.5) is 13.2 Å². The Balaban J connectivity index is 2.14. The Labute approximate surface area is 108 Å². The van der Waals surface area contributed by atoms with Gasteiger partial charge in [0.25, 0.3) is 0 Å². The van der Waals surface area contributed by atoms with Crippen LogP contribution in [0.15, 0.2) is 5.38 Å². The van der Waals surface area contributed by atoms with E-state index in [2.05, 4.69) is 11.9 Å². The van der Waals surface area contributed by atoms with Gasteiger partial charge in [0.1, 0.15) is 5.01 Å². The minimum absolute atomic E-state index is 0.435. The summed E-state index contributed by atoms with van der Waals surface area (Å²) in [7, 11) is 0. The molecule has 1 aromatic rings. The first kappa shape index (κ1) is 13.8. The van der Waals surface area contributed by atoms with Crippen molar-refractivity contribution in [3.63, 3.8) is 0 Å². The van der Waals surface area contributed by atoms with Gasteiger partial charge in [-0.2, -0.15) is 13.2 Å². The maximum Gasteiger partial charge on any atom is 0.434 e. The van der Waals surface area contributed by atoms with Gasteiger partial charge in [0.05, 0.1) is 5.54 Å². The third-order valence-electron chi connectivity index (χ3n) is 3.80. The van der Waals surface area contributed by atoms with Crippen LogP contribution in [0.3, 0.4) is 0 Å². The highest BCUT2D eigenvalue weighted by molar-refractivity contribution is 7.09. The van der Waals surface area contributed by atoms with Crippen molar-refractivity contribution in [1.29, 1.82) is 0 Å². The standard InChI is InChI=1S/C12H17F3N2S/c1-2-8-3-5-11(16,6-4-8)10-17-9(7-18-10)12(13,14)15/h7-8H,2-6,16H2,1H3. The molecular formula is C12H17F3N2S. The molecule has 0 aromatic carbocycles. The lowest BCUT2D eigenvalue weighted by atomic mass is 9.76. The molecular weight excluding hydrogens is 261 g/mol. The molecule has 1 aliphatic rings. The zero-order valence-electron chi connectivity index (χ0n) is 10.3. The number of nitrogens with zero attached hydrogens (tertiary/aromatic N) is 1. The lowest BCUT2D eigenvalue weighted by Gasteiger charge is -2.35. The Morgan fingerprint density at radius 1 is 1.44 bits per heavy atom. The average Bonchev–Trinajstić information content (AvgIpc) is 2.79. The molecule has 1 aliphatic carbocycles. The summed E-state index contributed by atoms with van der Waals surface area (Å²) >= 11 is 1.03. The second-order valence-electron chi connectivity index (χ2n) is 5.04. The van der Waals surface area contributed by atoms with Gasteiger partial charge in [0.2, 0.25) is 0 Å². The molecule has 0 radical (unpaired) electrons. The number of aromatic nitrogens is 1. The lowest BCUT2D eigenvalue weighted by molar-refractivity contribution is -0.140. The summed E-state index contributed by atoms with van der Waals surface area (Å²) in [6.45, 7) is 2.14. The molecule has 1 saturated carbocycles. The van der Waals surface area contributed by atoms with Gasteiger partial charge in [-0.25, -0.2) is 4.98 Å². The van der Waals surface area contributed by atoms with Crippen LogP contribution < -0.4 is 5.73 Å². The summed E-state index contributed by atoms with van der Waals surface area (Å²) in [4.78, 5) is 3.70. The highest BCUT2D eigenvalue weighted by Gasteiger charge is 2.39. The van der Waals surface area contributed by atoms with Gasteiger partial charge >= 0.3 is 6.18 Å². The van der Waals surface area contributed by atoms with Gasteiger partial charge in [-0.1, -0.05) is 13.3 Å². The SMILES string of the molecule is CCC1CCC(N)(c2nc(C(F)(F)F)cs2)CC1. The molecule has 0 amide bonds. The highest BCUT2D eigenvalue weighted by Crippen LogP contribution is 2.41. The molecule has 2 nitrogen and oxygen atoms in total. The molecule has 0 saturated heterocycles. The predicted octanol–water partition coefficient (Wildman–Crippen LogP) is 3.92. The number of alkyl halides is 3. The zero-order valence-corrected chi connectivity index (χ0v) is 11.1. The normalized spacial score (nSPS) is 29.5. The molecule has 0 atom stereocenters. The summed E-state index contributed by atoms with van der Waals surface area (Å²) in [6.07, 6.45) is 0.169. The Morgan fingerprint density at radius 3 is 2.50 bits per heavy atom. The summed E-state index contributed by atoms with van der Waals surface area (Å²) in [5.74, 6) is 0.656. The Kier molecular flexibility index (Phi) is 3.69. The number of hydrogen-bond acceptors (Lipinski definition) is 3. The fraction of sp³-hybridized carbons (Fsp3) is 0.750. The van der Waals surface area contributed by atoms with Crippen molar-refractivity contribution < 1.29 is 13.2 Å². The van der Waals surface area contributed by atoms with E-state index in [-0.39, 0.29) is 0 Å². The summed E-state index contributed by atoms with van der Waals surface area (Å²) in [6, 6.07) is 0. The molecule has 102 valence electrons. The Hall–Kier alpha value is -0.620. The van der Waals surface area contributed by atoms with Gasteiger partial charge in [-0.3, -0.25) is 0 Å². The minimum atomic E-state index is -4.37. The third kappa shape index (κ3) is 2.69. The van der Waals surface area contributed by atoms with Crippen molar-refractivity contribution in [2.45, 2.75) is 50.7 Å². The summed E-state index contributed by atoms with van der Waals surface area (Å²) in [5, 5.41) is 1.50. The van der Waals surface area contributed by atoms with Crippen LogP contribution in [0, 0.1) is 5.92 Å². The van der Waals surface area contributed by atoms with Crippen molar-refractivity contribution in [3.05, 3.63) is 16.1 Å². The van der Waals surface area contributed by atoms with Crippen LogP contribution in [0.5, 0.6) is 0 Å². The number of nitrogens with two attached hydrogens (primary N) is 1. The second-order valence-corrected chi connectivity index (χ2v) is 5.90. The summed E-state index contributed by atoms with van der Waals surface area (Å²) in [5.41, 5.74) is 4.77. The molecule has 0 unspecified atom stereocenters. The van der Waals surface area contributed by atoms with Crippen LogP contribution >= 0.6 is 11.3 Å². The molecule has 18 heavy (non-hydrogen) atoms. The van der Waals surface area contributed by atoms with E-state index >= 15 is 0 Å². The van der Waals surface area contributed by atoms with Crippen LogP contribution in [0.2, 0.25) is 0 Å². The quantitative estimate of drug-likeness (QED) is 0.890. The lowest BCUT2D eigenvalue weighted by Crippen LogP contribution is -2.40. The van der Waals surface area contributed by atoms with E-state index in [4.69, 9.17) is 5.73 Å². The Morgan fingerprint density at radius 2 is 2.06 bits per heavy atom. The first-order chi connectivity index (χ1) is 8.35. The molecule has 0 bridgehead atoms. The molecule has 2 rings (SSSR count). The van der Waals surface area contributed by atoms with Crippen molar-refractivity contribution in [2.24, 2.45) is 11.7 Å². The largest absolute Gasteiger partial charge is 0.434 e. The molecule has 1 fully saturated rings. The van der Waals surface area contributed by atoms with E-state index in [9.17, 15) is 13.2 Å². The van der Waals surface area contributed by atoms with Crippen molar-refractivity contribution >= 4 is 11.3 Å². The number of hydrogen-bond donors (Lipinski definition) is 1. The van der Waals surface area contributed by atoms with E-state index < -0.39 is 17.4 Å². The fourth-order valence-electron chi connectivity index (χ4n) is 2.45. The van der Waals surface area contributed by atoms with Crippen molar-refractivity contribution in [2.75, 3.05) is 0 Å². The monoisotopic (exact) mass is 278 g/mol. The van der Waals surface area contributed by atoms with E-state index in [0.29, 0.717) is 10.9 Å². The van der Waals surface area contributed by atoms with E-state index in [1.54, 1.807) is 0 Å². The molecule has 0 aliphatic heterocycles. The van der Waals surface area contributed by atoms with Gasteiger partial charge in [0, 0.05) is 5.38 Å². The molecule has 2 N–H and O–H groups in total. The molecule has 6 heteroatoms. The van der Waals surface area contributed by atoms with Crippen molar-refractivity contribution in [3.8, 4) is 0 Å². The van der Waals surface area contributed by atoms with E-state index in [1.807, 2.05) is 0 Å². The van der Waals surface area contributed by atoms with E-state index in [0.717, 1.165) is 48.8 Å². The van der Waals surface area contributed by atoms with Crippen LogP contribution in [-0.2, 0) is 11.7 Å². The van der Waals surface area contributed by atoms with Gasteiger partial charge in [-0.05, 0) is 31.6 Å². The van der Waals surface area contributed by atoms with Gasteiger partial charge in [0.15, 0.2) is 5.69 Å². The number of halogens is 3. The smallest absolute Gasteiger partial charge is 0.319 e. The Bertz CT molecular complexity index is 406. The van der Waals surface area contributed by atoms with Crippen LogP contribution in [0.1, 0.15) is 49.7 Å². The molecule has 0 spiro atoms. The van der Waals surface area contributed by atoms with Crippen LogP contribution in [-0.4, -0.2) is 4.98 Å². The maximum atomic E-state index is 12.5.